The smallest absolute Gasteiger partial charge is 0.226 e. The van der Waals surface area contributed by atoms with Crippen molar-refractivity contribution in [2.75, 3.05) is 12.4 Å². The summed E-state index contributed by atoms with van der Waals surface area (Å²) in [5.41, 5.74) is 1.97. The molecule has 0 saturated carbocycles. The van der Waals surface area contributed by atoms with Gasteiger partial charge >= 0.3 is 0 Å². The average molecular weight is 312 g/mol. The molecule has 0 saturated heterocycles. The summed E-state index contributed by atoms with van der Waals surface area (Å²) in [6, 6.07) is 24.4. The van der Waals surface area contributed by atoms with Crippen LogP contribution in [0.15, 0.2) is 72.8 Å². The van der Waals surface area contributed by atoms with Crippen molar-refractivity contribution in [3.8, 4) is 22.8 Å². The average Bonchev–Trinajstić information content (AvgIpc) is 2.68. The highest BCUT2D eigenvalue weighted by molar-refractivity contribution is 5.95. The molecular weight excluding hydrogens is 296 g/mol. The maximum Gasteiger partial charge on any atom is 0.226 e. The summed E-state index contributed by atoms with van der Waals surface area (Å²) in [5.74, 6) is 1.90. The molecule has 0 atom stereocenters. The van der Waals surface area contributed by atoms with Gasteiger partial charge in [-0.3, -0.25) is 0 Å². The molecule has 4 heteroatoms. The summed E-state index contributed by atoms with van der Waals surface area (Å²) in [6.45, 7) is 0. The van der Waals surface area contributed by atoms with Crippen molar-refractivity contribution >= 4 is 16.7 Å². The van der Waals surface area contributed by atoms with Crippen LogP contribution < -0.4 is 5.32 Å². The first-order valence-electron chi connectivity index (χ1n) is 7.82. The van der Waals surface area contributed by atoms with Crippen molar-refractivity contribution in [2.45, 2.75) is 0 Å². The second-order valence-electron chi connectivity index (χ2n) is 5.45. The van der Waals surface area contributed by atoms with E-state index >= 15 is 0 Å². The predicted octanol–water partition coefficient (Wildman–Crippen LogP) is 4.40. The molecular formula is C20H16N4. The summed E-state index contributed by atoms with van der Waals surface area (Å²) in [4.78, 5) is 13.8. The molecule has 4 rings (SSSR count). The van der Waals surface area contributed by atoms with Gasteiger partial charge in [0.15, 0.2) is 11.6 Å². The summed E-state index contributed by atoms with van der Waals surface area (Å²) >= 11 is 0. The summed E-state index contributed by atoms with van der Waals surface area (Å²) in [7, 11) is 1.82. The number of nitrogens with one attached hydrogen (secondary N) is 1. The summed E-state index contributed by atoms with van der Waals surface area (Å²) in [5, 5.41) is 5.33. The molecule has 1 N–H and O–H groups in total. The zero-order valence-corrected chi connectivity index (χ0v) is 13.3. The van der Waals surface area contributed by atoms with Crippen LogP contribution in [0.2, 0.25) is 0 Å². The molecule has 0 spiro atoms. The van der Waals surface area contributed by atoms with E-state index in [0.29, 0.717) is 17.6 Å². The van der Waals surface area contributed by atoms with Crippen molar-refractivity contribution in [3.63, 3.8) is 0 Å². The molecule has 1 aromatic heterocycles. The number of benzene rings is 3. The Morgan fingerprint density at radius 1 is 0.667 bits per heavy atom. The third kappa shape index (κ3) is 2.58. The van der Waals surface area contributed by atoms with Gasteiger partial charge in [0.2, 0.25) is 5.95 Å². The van der Waals surface area contributed by atoms with Crippen molar-refractivity contribution in [1.29, 1.82) is 0 Å². The van der Waals surface area contributed by atoms with Gasteiger partial charge in [0, 0.05) is 18.2 Å². The summed E-state index contributed by atoms with van der Waals surface area (Å²) < 4.78 is 0. The number of hydrogen-bond acceptors (Lipinski definition) is 4. The molecule has 0 aliphatic rings. The lowest BCUT2D eigenvalue weighted by atomic mass is 10.0. The fourth-order valence-electron chi connectivity index (χ4n) is 2.74. The van der Waals surface area contributed by atoms with Crippen LogP contribution in [0.5, 0.6) is 0 Å². The van der Waals surface area contributed by atoms with Crippen LogP contribution in [0.25, 0.3) is 33.5 Å². The van der Waals surface area contributed by atoms with E-state index in [4.69, 9.17) is 4.98 Å². The third-order valence-electron chi connectivity index (χ3n) is 3.92. The van der Waals surface area contributed by atoms with Crippen LogP contribution in [-0.4, -0.2) is 22.0 Å². The molecule has 0 aliphatic carbocycles. The summed E-state index contributed by atoms with van der Waals surface area (Å²) in [6.07, 6.45) is 0. The van der Waals surface area contributed by atoms with E-state index in [1.54, 1.807) is 0 Å². The first-order valence-corrected chi connectivity index (χ1v) is 7.82. The van der Waals surface area contributed by atoms with E-state index in [1.165, 1.54) is 5.39 Å². The van der Waals surface area contributed by atoms with Crippen LogP contribution >= 0.6 is 0 Å². The van der Waals surface area contributed by atoms with E-state index in [2.05, 4.69) is 33.5 Å². The van der Waals surface area contributed by atoms with Crippen LogP contribution in [0.1, 0.15) is 0 Å². The predicted molar refractivity (Wildman–Crippen MR) is 97.8 cm³/mol. The maximum atomic E-state index is 4.71. The molecule has 0 fully saturated rings. The standard InChI is InChI=1S/C20H16N4/c1-21-20-23-18(15-9-3-2-4-10-15)22-19(24-20)17-13-7-11-14-8-5-6-12-16(14)17/h2-13H,1H3,(H,21,22,23,24). The van der Waals surface area contributed by atoms with E-state index < -0.39 is 0 Å². The highest BCUT2D eigenvalue weighted by atomic mass is 15.1. The van der Waals surface area contributed by atoms with Crippen LogP contribution in [-0.2, 0) is 0 Å². The monoisotopic (exact) mass is 312 g/mol. The quantitative estimate of drug-likeness (QED) is 0.609. The first-order chi connectivity index (χ1) is 11.8. The Hall–Kier alpha value is -3.27. The Labute approximate surface area is 140 Å². The van der Waals surface area contributed by atoms with Crippen molar-refractivity contribution < 1.29 is 0 Å². The Morgan fingerprint density at radius 3 is 2.21 bits per heavy atom. The second kappa shape index (κ2) is 6.08. The van der Waals surface area contributed by atoms with Gasteiger partial charge in [-0.05, 0) is 10.8 Å². The van der Waals surface area contributed by atoms with E-state index in [0.717, 1.165) is 16.5 Å². The van der Waals surface area contributed by atoms with Gasteiger partial charge in [-0.1, -0.05) is 72.8 Å². The molecule has 1 heterocycles. The lowest BCUT2D eigenvalue weighted by molar-refractivity contribution is 1.06. The third-order valence-corrected chi connectivity index (χ3v) is 3.92. The minimum atomic E-state index is 0.562. The number of hydrogen-bond donors (Lipinski definition) is 1. The number of rotatable bonds is 3. The molecule has 4 aromatic rings. The molecule has 116 valence electrons. The van der Waals surface area contributed by atoms with Gasteiger partial charge < -0.3 is 5.32 Å². The van der Waals surface area contributed by atoms with Crippen molar-refractivity contribution in [3.05, 3.63) is 72.8 Å². The van der Waals surface area contributed by atoms with Gasteiger partial charge in [-0.2, -0.15) is 9.97 Å². The van der Waals surface area contributed by atoms with Gasteiger partial charge in [-0.25, -0.2) is 4.98 Å². The highest BCUT2D eigenvalue weighted by Crippen LogP contribution is 2.28. The molecule has 24 heavy (non-hydrogen) atoms. The Balaban J connectivity index is 1.95. The van der Waals surface area contributed by atoms with Crippen LogP contribution in [0, 0.1) is 0 Å². The molecule has 0 aliphatic heterocycles. The Morgan fingerprint density at radius 2 is 1.38 bits per heavy atom. The molecule has 0 bridgehead atoms. The number of anilines is 1. The van der Waals surface area contributed by atoms with E-state index in [1.807, 2.05) is 61.6 Å². The largest absolute Gasteiger partial charge is 0.357 e. The van der Waals surface area contributed by atoms with Gasteiger partial charge in [0.05, 0.1) is 0 Å². The van der Waals surface area contributed by atoms with Crippen molar-refractivity contribution in [1.82, 2.24) is 15.0 Å². The van der Waals surface area contributed by atoms with Gasteiger partial charge in [0.25, 0.3) is 0 Å². The maximum absolute atomic E-state index is 4.71. The highest BCUT2D eigenvalue weighted by Gasteiger charge is 2.11. The number of nitrogens with zero attached hydrogens (tertiary/aromatic N) is 3. The number of fused-ring (bicyclic) bond motifs is 1. The Kier molecular flexibility index (Phi) is 3.63. The van der Waals surface area contributed by atoms with Gasteiger partial charge in [-0.15, -0.1) is 0 Å². The SMILES string of the molecule is CNc1nc(-c2ccccc2)nc(-c2cccc3ccccc23)n1. The fourth-order valence-corrected chi connectivity index (χ4v) is 2.74. The van der Waals surface area contributed by atoms with Gasteiger partial charge in [0.1, 0.15) is 0 Å². The lowest BCUT2D eigenvalue weighted by Gasteiger charge is -2.09. The molecule has 0 amide bonds. The topological polar surface area (TPSA) is 50.7 Å². The molecule has 0 radical (unpaired) electrons. The first kappa shape index (κ1) is 14.3. The van der Waals surface area contributed by atoms with Crippen LogP contribution in [0.3, 0.4) is 0 Å². The second-order valence-corrected chi connectivity index (χ2v) is 5.45. The zero-order chi connectivity index (χ0) is 16.4. The minimum absolute atomic E-state index is 0.562. The fraction of sp³-hybridized carbons (Fsp3) is 0.0500. The molecule has 4 nitrogen and oxygen atoms in total. The normalized spacial score (nSPS) is 10.7. The lowest BCUT2D eigenvalue weighted by Crippen LogP contribution is -2.03. The molecule has 0 unspecified atom stereocenters. The zero-order valence-electron chi connectivity index (χ0n) is 13.3. The van der Waals surface area contributed by atoms with Crippen molar-refractivity contribution in [2.24, 2.45) is 0 Å². The molecule has 3 aromatic carbocycles. The van der Waals surface area contributed by atoms with E-state index in [-0.39, 0.29) is 0 Å². The van der Waals surface area contributed by atoms with E-state index in [9.17, 15) is 0 Å². The number of aromatic nitrogens is 3. The minimum Gasteiger partial charge on any atom is -0.357 e. The Bertz CT molecular complexity index is 991. The van der Waals surface area contributed by atoms with Crippen LogP contribution in [0.4, 0.5) is 5.95 Å².